The molecule has 1 aromatic heterocycles. The molecule has 0 aliphatic carbocycles. The molecule has 0 spiro atoms. The van der Waals surface area contributed by atoms with E-state index in [9.17, 15) is 14.4 Å². The summed E-state index contributed by atoms with van der Waals surface area (Å²) < 4.78 is 17.1. The lowest BCUT2D eigenvalue weighted by atomic mass is 10.1. The molecule has 3 aromatic rings. The second-order valence-electron chi connectivity index (χ2n) is 7.06. The van der Waals surface area contributed by atoms with E-state index in [-0.39, 0.29) is 22.6 Å². The van der Waals surface area contributed by atoms with Gasteiger partial charge in [0.1, 0.15) is 5.75 Å². The first kappa shape index (κ1) is 25.8. The van der Waals surface area contributed by atoms with Crippen molar-refractivity contribution in [3.63, 3.8) is 0 Å². The maximum Gasteiger partial charge on any atom is 0.339 e. The number of esters is 2. The number of hydrogen-bond acceptors (Lipinski definition) is 9. The van der Waals surface area contributed by atoms with Gasteiger partial charge in [0.05, 0.1) is 49.0 Å². The van der Waals surface area contributed by atoms with E-state index in [0.717, 1.165) is 5.56 Å². The Hall–Kier alpha value is -3.86. The number of hydrogen-bond donors (Lipinski definition) is 1. The molecule has 3 rings (SSSR count). The molecule has 0 radical (unpaired) electrons. The zero-order valence-corrected chi connectivity index (χ0v) is 20.7. The highest BCUT2D eigenvalue weighted by molar-refractivity contribution is 7.99. The van der Waals surface area contributed by atoms with Gasteiger partial charge in [0, 0.05) is 6.54 Å². The molecule has 0 aliphatic rings. The van der Waals surface area contributed by atoms with Crippen LogP contribution in [-0.2, 0) is 20.8 Å². The molecule has 2 aromatic carbocycles. The SMILES string of the molecule is CCOc1ccccc1-c1nnc(SCC(=O)Nc2cc(C(=O)OC)ccc2C(=O)OC)n1CC. The minimum atomic E-state index is -0.646. The van der Waals surface area contributed by atoms with E-state index in [1.54, 1.807) is 0 Å². The fourth-order valence-corrected chi connectivity index (χ4v) is 4.11. The van der Waals surface area contributed by atoms with E-state index in [1.807, 2.05) is 42.7 Å². The number of nitrogens with zero attached hydrogens (tertiary/aromatic N) is 3. The van der Waals surface area contributed by atoms with Gasteiger partial charge in [0.2, 0.25) is 5.91 Å². The molecule has 0 aliphatic heterocycles. The van der Waals surface area contributed by atoms with Gasteiger partial charge in [0.25, 0.3) is 0 Å². The monoisotopic (exact) mass is 498 g/mol. The summed E-state index contributed by atoms with van der Waals surface area (Å²) in [5.41, 5.74) is 1.26. The van der Waals surface area contributed by atoms with Crippen LogP contribution in [0.5, 0.6) is 5.75 Å². The predicted octanol–water partition coefficient (Wildman–Crippen LogP) is 3.67. The lowest BCUT2D eigenvalue weighted by Crippen LogP contribution is -2.18. The Morgan fingerprint density at radius 1 is 1.00 bits per heavy atom. The van der Waals surface area contributed by atoms with Crippen molar-refractivity contribution in [2.45, 2.75) is 25.5 Å². The lowest BCUT2D eigenvalue weighted by molar-refractivity contribution is -0.113. The van der Waals surface area contributed by atoms with Crippen LogP contribution in [0.3, 0.4) is 0 Å². The molecule has 0 saturated carbocycles. The number of aromatic nitrogens is 3. The number of para-hydroxylation sites is 1. The quantitative estimate of drug-likeness (QED) is 0.329. The Kier molecular flexibility index (Phi) is 8.85. The maximum atomic E-state index is 12.7. The second kappa shape index (κ2) is 12.0. The van der Waals surface area contributed by atoms with Crippen LogP contribution < -0.4 is 10.1 Å². The third-order valence-electron chi connectivity index (χ3n) is 4.91. The third kappa shape index (κ3) is 5.99. The van der Waals surface area contributed by atoms with Gasteiger partial charge in [-0.1, -0.05) is 23.9 Å². The molecule has 0 unspecified atom stereocenters. The van der Waals surface area contributed by atoms with Crippen molar-refractivity contribution in [1.82, 2.24) is 14.8 Å². The molecule has 0 saturated heterocycles. The highest BCUT2D eigenvalue weighted by Gasteiger charge is 2.20. The van der Waals surface area contributed by atoms with Gasteiger partial charge in [-0.05, 0) is 44.2 Å². The smallest absolute Gasteiger partial charge is 0.339 e. The molecule has 10 nitrogen and oxygen atoms in total. The molecule has 35 heavy (non-hydrogen) atoms. The Balaban J connectivity index is 1.79. The fraction of sp³-hybridized carbons (Fsp3) is 0.292. The van der Waals surface area contributed by atoms with E-state index >= 15 is 0 Å². The number of ether oxygens (including phenoxy) is 3. The highest BCUT2D eigenvalue weighted by atomic mass is 32.2. The van der Waals surface area contributed by atoms with Crippen LogP contribution in [0.25, 0.3) is 11.4 Å². The van der Waals surface area contributed by atoms with E-state index in [1.165, 1.54) is 44.2 Å². The minimum Gasteiger partial charge on any atom is -0.493 e. The summed E-state index contributed by atoms with van der Waals surface area (Å²) in [6.07, 6.45) is 0. The van der Waals surface area contributed by atoms with Gasteiger partial charge in [-0.15, -0.1) is 10.2 Å². The average Bonchev–Trinajstić information content (AvgIpc) is 3.29. The normalized spacial score (nSPS) is 10.5. The molecule has 1 N–H and O–H groups in total. The number of rotatable bonds is 10. The minimum absolute atomic E-state index is 0.00565. The van der Waals surface area contributed by atoms with Crippen LogP contribution in [0, 0.1) is 0 Å². The average molecular weight is 499 g/mol. The standard InChI is InChI=1S/C24H26N4O6S/c1-5-28-21(17-9-7-8-10-19(17)34-6-2)26-27-24(28)35-14-20(29)25-18-13-15(22(30)32-3)11-12-16(18)23(31)33-4/h7-13H,5-6,14H2,1-4H3,(H,25,29). The summed E-state index contributed by atoms with van der Waals surface area (Å²) in [5, 5.41) is 11.8. The van der Waals surface area contributed by atoms with Crippen LogP contribution in [0.4, 0.5) is 5.69 Å². The molecular formula is C24H26N4O6S. The number of methoxy groups -OCH3 is 2. The second-order valence-corrected chi connectivity index (χ2v) is 8.00. The van der Waals surface area contributed by atoms with Crippen molar-refractivity contribution >= 4 is 35.3 Å². The zero-order chi connectivity index (χ0) is 25.4. The van der Waals surface area contributed by atoms with Crippen molar-refractivity contribution in [2.24, 2.45) is 0 Å². The number of amides is 1. The Labute approximate surface area is 207 Å². The molecule has 1 heterocycles. The number of thioether (sulfide) groups is 1. The Bertz CT molecular complexity index is 1230. The van der Waals surface area contributed by atoms with Crippen LogP contribution in [0.1, 0.15) is 34.6 Å². The van der Waals surface area contributed by atoms with E-state index < -0.39 is 17.8 Å². The first-order valence-electron chi connectivity index (χ1n) is 10.8. The van der Waals surface area contributed by atoms with Crippen LogP contribution in [0.15, 0.2) is 47.6 Å². The number of carbonyl (C=O) groups excluding carboxylic acids is 3. The first-order chi connectivity index (χ1) is 16.9. The largest absolute Gasteiger partial charge is 0.493 e. The molecule has 11 heteroatoms. The molecule has 184 valence electrons. The fourth-order valence-electron chi connectivity index (χ4n) is 3.31. The molecule has 0 bridgehead atoms. The van der Waals surface area contributed by atoms with E-state index in [4.69, 9.17) is 14.2 Å². The maximum absolute atomic E-state index is 12.7. The van der Waals surface area contributed by atoms with Gasteiger partial charge < -0.3 is 24.1 Å². The van der Waals surface area contributed by atoms with Gasteiger partial charge in [-0.25, -0.2) is 9.59 Å². The summed E-state index contributed by atoms with van der Waals surface area (Å²) in [6.45, 7) is 4.97. The summed E-state index contributed by atoms with van der Waals surface area (Å²) in [4.78, 5) is 36.7. The molecule has 0 fully saturated rings. The summed E-state index contributed by atoms with van der Waals surface area (Å²) in [7, 11) is 2.48. The van der Waals surface area contributed by atoms with Gasteiger partial charge in [-0.3, -0.25) is 4.79 Å². The Morgan fingerprint density at radius 3 is 2.43 bits per heavy atom. The topological polar surface area (TPSA) is 122 Å². The van der Waals surface area contributed by atoms with Crippen molar-refractivity contribution in [3.05, 3.63) is 53.6 Å². The number of benzene rings is 2. The summed E-state index contributed by atoms with van der Waals surface area (Å²) >= 11 is 1.20. The van der Waals surface area contributed by atoms with Crippen molar-refractivity contribution in [2.75, 3.05) is 31.9 Å². The first-order valence-corrected chi connectivity index (χ1v) is 11.8. The Morgan fingerprint density at radius 2 is 1.74 bits per heavy atom. The zero-order valence-electron chi connectivity index (χ0n) is 19.9. The van der Waals surface area contributed by atoms with Gasteiger partial charge >= 0.3 is 11.9 Å². The number of nitrogens with one attached hydrogen (secondary N) is 1. The molecular weight excluding hydrogens is 472 g/mol. The lowest BCUT2D eigenvalue weighted by Gasteiger charge is -2.12. The number of anilines is 1. The van der Waals surface area contributed by atoms with Crippen LogP contribution in [0.2, 0.25) is 0 Å². The van der Waals surface area contributed by atoms with Crippen molar-refractivity contribution in [1.29, 1.82) is 0 Å². The van der Waals surface area contributed by atoms with Crippen LogP contribution in [-0.4, -0.2) is 59.2 Å². The van der Waals surface area contributed by atoms with Gasteiger partial charge in [-0.2, -0.15) is 0 Å². The van der Waals surface area contributed by atoms with E-state index in [0.29, 0.717) is 29.9 Å². The number of carbonyl (C=O) groups is 3. The van der Waals surface area contributed by atoms with Gasteiger partial charge in [0.15, 0.2) is 11.0 Å². The summed E-state index contributed by atoms with van der Waals surface area (Å²) in [5.74, 6) is -0.307. The molecule has 0 atom stereocenters. The van der Waals surface area contributed by atoms with Crippen molar-refractivity contribution < 1.29 is 28.6 Å². The molecule has 1 amide bonds. The highest BCUT2D eigenvalue weighted by Crippen LogP contribution is 2.31. The van der Waals surface area contributed by atoms with E-state index in [2.05, 4.69) is 15.5 Å². The predicted molar refractivity (Wildman–Crippen MR) is 131 cm³/mol. The van der Waals surface area contributed by atoms with Crippen molar-refractivity contribution in [3.8, 4) is 17.1 Å². The van der Waals surface area contributed by atoms with Crippen LogP contribution >= 0.6 is 11.8 Å². The summed E-state index contributed by atoms with van der Waals surface area (Å²) in [6, 6.07) is 11.8. The third-order valence-corrected chi connectivity index (χ3v) is 5.88.